The van der Waals surface area contributed by atoms with Crippen LogP contribution in [-0.2, 0) is 9.59 Å². The van der Waals surface area contributed by atoms with E-state index in [1.807, 2.05) is 24.5 Å². The lowest BCUT2D eigenvalue weighted by atomic mass is 10.1. The Morgan fingerprint density at radius 1 is 1.04 bits per heavy atom. The van der Waals surface area contributed by atoms with Crippen molar-refractivity contribution in [3.05, 3.63) is 58.4 Å². The summed E-state index contributed by atoms with van der Waals surface area (Å²) in [6, 6.07) is 8.17. The van der Waals surface area contributed by atoms with Crippen molar-refractivity contribution in [1.29, 1.82) is 0 Å². The van der Waals surface area contributed by atoms with Crippen molar-refractivity contribution in [2.45, 2.75) is 13.8 Å². The van der Waals surface area contributed by atoms with Crippen LogP contribution in [0.1, 0.15) is 27.3 Å². The van der Waals surface area contributed by atoms with E-state index in [9.17, 15) is 19.5 Å². The molecule has 0 unspecified atom stereocenters. The SMILES string of the molecule is Cc1cc(C=C2C(=O)N(C)C(=S)N(C)C2=O)c(C)n1-c1ccc(C(=O)[O-])cc1. The zero-order chi connectivity index (χ0) is 20.7. The van der Waals surface area contributed by atoms with Gasteiger partial charge in [0.25, 0.3) is 11.8 Å². The number of rotatable bonds is 3. The maximum atomic E-state index is 12.5. The van der Waals surface area contributed by atoms with Crippen LogP contribution < -0.4 is 5.11 Å². The molecule has 1 aromatic carbocycles. The number of carboxylic acids is 1. The summed E-state index contributed by atoms with van der Waals surface area (Å²) in [5, 5.41) is 11.1. The molecule has 8 heteroatoms. The largest absolute Gasteiger partial charge is 0.545 e. The second kappa shape index (κ2) is 7.05. The third-order valence-corrected chi connectivity index (χ3v) is 5.32. The fourth-order valence-corrected chi connectivity index (χ4v) is 3.37. The summed E-state index contributed by atoms with van der Waals surface area (Å²) in [6.07, 6.45) is 1.56. The van der Waals surface area contributed by atoms with Crippen molar-refractivity contribution in [2.75, 3.05) is 14.1 Å². The Bertz CT molecular complexity index is 1020. The molecule has 0 bridgehead atoms. The second-order valence-electron chi connectivity index (χ2n) is 6.57. The van der Waals surface area contributed by atoms with Gasteiger partial charge in [0.2, 0.25) is 0 Å². The van der Waals surface area contributed by atoms with Crippen LogP contribution in [0, 0.1) is 13.8 Å². The Morgan fingerprint density at radius 3 is 2.07 bits per heavy atom. The molecule has 28 heavy (non-hydrogen) atoms. The molecule has 2 aromatic rings. The number of aromatic carboxylic acids is 1. The van der Waals surface area contributed by atoms with Crippen molar-refractivity contribution in [3.8, 4) is 5.69 Å². The third-order valence-electron chi connectivity index (χ3n) is 4.78. The molecule has 0 spiro atoms. The maximum absolute atomic E-state index is 12.5. The van der Waals surface area contributed by atoms with Gasteiger partial charge in [-0.3, -0.25) is 19.4 Å². The van der Waals surface area contributed by atoms with Crippen LogP contribution in [0.2, 0.25) is 0 Å². The molecule has 1 saturated heterocycles. The monoisotopic (exact) mass is 396 g/mol. The fourth-order valence-electron chi connectivity index (χ4n) is 3.21. The van der Waals surface area contributed by atoms with Gasteiger partial charge in [-0.15, -0.1) is 0 Å². The Balaban J connectivity index is 2.05. The van der Waals surface area contributed by atoms with E-state index in [0.29, 0.717) is 5.56 Å². The lowest BCUT2D eigenvalue weighted by Crippen LogP contribution is -2.52. The molecule has 0 N–H and O–H groups in total. The van der Waals surface area contributed by atoms with Crippen molar-refractivity contribution in [2.24, 2.45) is 0 Å². The van der Waals surface area contributed by atoms with Crippen LogP contribution in [0.25, 0.3) is 11.8 Å². The predicted octanol–water partition coefficient (Wildman–Crippen LogP) is 1.06. The van der Waals surface area contributed by atoms with Crippen LogP contribution in [0.4, 0.5) is 0 Å². The van der Waals surface area contributed by atoms with E-state index in [1.54, 1.807) is 18.2 Å². The van der Waals surface area contributed by atoms with Gasteiger partial charge in [-0.2, -0.15) is 0 Å². The standard InChI is InChI=1S/C20H19N3O4S/c1-11-9-14(10-16-17(24)21(3)20(28)22(4)18(16)25)12(2)23(11)15-7-5-13(6-8-15)19(26)27/h5-10H,1-4H3,(H,26,27)/p-1. The lowest BCUT2D eigenvalue weighted by Gasteiger charge is -2.31. The quantitative estimate of drug-likeness (QED) is 0.440. The van der Waals surface area contributed by atoms with Crippen LogP contribution >= 0.6 is 12.2 Å². The molecule has 1 aliphatic heterocycles. The summed E-state index contributed by atoms with van der Waals surface area (Å²) in [5.74, 6) is -2.13. The van der Waals surface area contributed by atoms with Crippen LogP contribution in [-0.4, -0.2) is 51.4 Å². The molecule has 144 valence electrons. The molecule has 0 aliphatic carbocycles. The molecule has 0 atom stereocenters. The number of carbonyl (C=O) groups excluding carboxylic acids is 3. The number of thiocarbonyl (C=S) groups is 1. The summed E-state index contributed by atoms with van der Waals surface area (Å²) in [6.45, 7) is 3.75. The fraction of sp³-hybridized carbons (Fsp3) is 0.200. The topological polar surface area (TPSA) is 85.7 Å². The number of amides is 2. The molecule has 2 heterocycles. The average Bonchev–Trinajstić information content (AvgIpc) is 2.95. The molecule has 1 aliphatic rings. The molecule has 0 radical (unpaired) electrons. The van der Waals surface area contributed by atoms with Gasteiger partial charge >= 0.3 is 0 Å². The average molecular weight is 396 g/mol. The number of benzene rings is 1. The summed E-state index contributed by atoms with van der Waals surface area (Å²) >= 11 is 5.10. The number of likely N-dealkylation sites (N-methyl/N-ethyl adjacent to an activating group) is 2. The van der Waals surface area contributed by atoms with E-state index in [0.717, 1.165) is 17.1 Å². The van der Waals surface area contributed by atoms with Gasteiger partial charge < -0.3 is 14.5 Å². The molecular weight excluding hydrogens is 378 g/mol. The summed E-state index contributed by atoms with van der Waals surface area (Å²) in [5.41, 5.74) is 3.29. The summed E-state index contributed by atoms with van der Waals surface area (Å²) in [7, 11) is 3.06. The van der Waals surface area contributed by atoms with Crippen molar-refractivity contribution >= 4 is 41.2 Å². The molecule has 2 amide bonds. The first kappa shape index (κ1) is 19.5. The van der Waals surface area contributed by atoms with Crippen molar-refractivity contribution in [3.63, 3.8) is 0 Å². The van der Waals surface area contributed by atoms with E-state index in [-0.39, 0.29) is 16.2 Å². The smallest absolute Gasteiger partial charge is 0.265 e. The molecule has 3 rings (SSSR count). The first-order valence-electron chi connectivity index (χ1n) is 8.46. The highest BCUT2D eigenvalue weighted by Gasteiger charge is 2.35. The van der Waals surface area contributed by atoms with Gasteiger partial charge in [0.05, 0.1) is 5.97 Å². The molecule has 7 nitrogen and oxygen atoms in total. The minimum atomic E-state index is -1.24. The molecular formula is C20H18N3O4S-. The second-order valence-corrected chi connectivity index (χ2v) is 6.93. The zero-order valence-corrected chi connectivity index (χ0v) is 16.7. The lowest BCUT2D eigenvalue weighted by molar-refractivity contribution is -0.255. The first-order valence-corrected chi connectivity index (χ1v) is 8.86. The van der Waals surface area contributed by atoms with Gasteiger partial charge in [0.15, 0.2) is 5.11 Å². The van der Waals surface area contributed by atoms with Crippen LogP contribution in [0.5, 0.6) is 0 Å². The first-order chi connectivity index (χ1) is 13.1. The number of aromatic nitrogens is 1. The highest BCUT2D eigenvalue weighted by Crippen LogP contribution is 2.25. The van der Waals surface area contributed by atoms with Crippen LogP contribution in [0.15, 0.2) is 35.9 Å². The third kappa shape index (κ3) is 3.11. The van der Waals surface area contributed by atoms with Crippen LogP contribution in [0.3, 0.4) is 0 Å². The van der Waals surface area contributed by atoms with Gasteiger partial charge in [0.1, 0.15) is 5.57 Å². The highest BCUT2D eigenvalue weighted by atomic mass is 32.1. The normalized spacial score (nSPS) is 14.7. The van der Waals surface area contributed by atoms with Gasteiger partial charge in [-0.1, -0.05) is 12.1 Å². The van der Waals surface area contributed by atoms with E-state index in [2.05, 4.69) is 0 Å². The Morgan fingerprint density at radius 2 is 1.57 bits per heavy atom. The maximum Gasteiger partial charge on any atom is 0.265 e. The van der Waals surface area contributed by atoms with E-state index in [4.69, 9.17) is 12.2 Å². The van der Waals surface area contributed by atoms with E-state index in [1.165, 1.54) is 36.0 Å². The van der Waals surface area contributed by atoms with E-state index < -0.39 is 17.8 Å². The number of aryl methyl sites for hydroxylation is 1. The zero-order valence-electron chi connectivity index (χ0n) is 15.8. The van der Waals surface area contributed by atoms with Crippen molar-refractivity contribution < 1.29 is 19.5 Å². The number of hydrogen-bond acceptors (Lipinski definition) is 5. The Kier molecular flexibility index (Phi) is 4.91. The number of nitrogens with zero attached hydrogens (tertiary/aromatic N) is 3. The van der Waals surface area contributed by atoms with Gasteiger partial charge in [-0.05, 0) is 61.5 Å². The molecule has 1 aromatic heterocycles. The van der Waals surface area contributed by atoms with E-state index >= 15 is 0 Å². The Hall–Kier alpha value is -3.26. The van der Waals surface area contributed by atoms with Crippen molar-refractivity contribution in [1.82, 2.24) is 14.4 Å². The highest BCUT2D eigenvalue weighted by molar-refractivity contribution is 7.80. The minimum absolute atomic E-state index is 0.0335. The van der Waals surface area contributed by atoms with Gasteiger partial charge in [0, 0.05) is 31.2 Å². The number of hydrogen-bond donors (Lipinski definition) is 0. The predicted molar refractivity (Wildman–Crippen MR) is 106 cm³/mol. The number of carboxylic acid groups (broad SMARTS) is 1. The summed E-state index contributed by atoms with van der Waals surface area (Å²) < 4.78 is 1.92. The molecule has 0 saturated carbocycles. The minimum Gasteiger partial charge on any atom is -0.545 e. The Labute approximate surface area is 167 Å². The number of carbonyl (C=O) groups is 3. The molecule has 1 fully saturated rings. The summed E-state index contributed by atoms with van der Waals surface area (Å²) in [4.78, 5) is 38.5. The van der Waals surface area contributed by atoms with Gasteiger partial charge in [-0.25, -0.2) is 0 Å².